The molecule has 3 aromatic carbocycles. The highest BCUT2D eigenvalue weighted by Crippen LogP contribution is 2.40. The Morgan fingerprint density at radius 2 is 1.71 bits per heavy atom. The largest absolute Gasteiger partial charge is 0.456 e. The minimum absolute atomic E-state index is 0.0155. The Bertz CT molecular complexity index is 1350. The van der Waals surface area contributed by atoms with Gasteiger partial charge in [-0.3, -0.25) is 10.1 Å². The molecule has 0 aliphatic rings. The van der Waals surface area contributed by atoms with Gasteiger partial charge >= 0.3 is 6.18 Å². The molecule has 0 bridgehead atoms. The number of sulfonamides is 1. The van der Waals surface area contributed by atoms with Gasteiger partial charge in [0.2, 0.25) is 0 Å². The fourth-order valence-corrected chi connectivity index (χ4v) is 5.69. The van der Waals surface area contributed by atoms with Gasteiger partial charge in [0.05, 0.1) is 20.5 Å². The van der Waals surface area contributed by atoms with Crippen molar-refractivity contribution >= 4 is 50.9 Å². The second kappa shape index (κ2) is 10.0. The molecule has 0 spiro atoms. The Morgan fingerprint density at radius 3 is 2.29 bits per heavy atom. The molecule has 180 valence electrons. The van der Waals surface area contributed by atoms with E-state index < -0.39 is 32.4 Å². The number of rotatable bonds is 7. The molecule has 0 aliphatic carbocycles. The normalized spacial score (nSPS) is 12.1. The van der Waals surface area contributed by atoms with Crippen molar-refractivity contribution in [2.45, 2.75) is 16.0 Å². The van der Waals surface area contributed by atoms with Gasteiger partial charge in [0.15, 0.2) is 0 Å². The number of hydrogen-bond acceptors (Lipinski definition) is 6. The molecule has 0 saturated heterocycles. The Hall–Kier alpha value is -2.51. The van der Waals surface area contributed by atoms with Gasteiger partial charge in [-0.1, -0.05) is 35.3 Å². The zero-order valence-corrected chi connectivity index (χ0v) is 20.1. The molecule has 7 nitrogen and oxygen atoms in total. The van der Waals surface area contributed by atoms with Crippen LogP contribution in [-0.2, 0) is 16.2 Å². The topological polar surface area (TPSA) is 89.8 Å². The first-order chi connectivity index (χ1) is 15.8. The minimum Gasteiger partial charge on any atom is -0.456 e. The predicted octanol–water partition coefficient (Wildman–Crippen LogP) is 7.04. The van der Waals surface area contributed by atoms with E-state index in [1.165, 1.54) is 37.4 Å². The summed E-state index contributed by atoms with van der Waals surface area (Å²) < 4.78 is 70.6. The van der Waals surface area contributed by atoms with E-state index in [1.807, 2.05) is 0 Å². The van der Waals surface area contributed by atoms with Gasteiger partial charge in [-0.2, -0.15) is 13.2 Å². The molecule has 3 aromatic rings. The lowest BCUT2D eigenvalue weighted by Gasteiger charge is -2.17. The second-order valence-electron chi connectivity index (χ2n) is 6.57. The van der Waals surface area contributed by atoms with E-state index in [1.54, 1.807) is 6.07 Å². The third-order valence-electron chi connectivity index (χ3n) is 4.29. The molecule has 3 rings (SSSR count). The summed E-state index contributed by atoms with van der Waals surface area (Å²) in [5, 5.41) is 11.1. The van der Waals surface area contributed by atoms with Crippen molar-refractivity contribution in [1.82, 2.24) is 3.71 Å². The number of ether oxygens (including phenoxy) is 1. The maximum atomic E-state index is 12.9. The van der Waals surface area contributed by atoms with Crippen LogP contribution in [0.5, 0.6) is 11.5 Å². The number of hydrogen-bond donors (Lipinski definition) is 0. The molecule has 0 unspecified atom stereocenters. The summed E-state index contributed by atoms with van der Waals surface area (Å²) in [5.74, 6) is -0.144. The van der Waals surface area contributed by atoms with Gasteiger partial charge in [0.1, 0.15) is 21.3 Å². The molecule has 0 N–H and O–H groups in total. The van der Waals surface area contributed by atoms with Gasteiger partial charge in [0.25, 0.3) is 15.7 Å². The number of nitro benzene ring substituents is 1. The van der Waals surface area contributed by atoms with E-state index in [-0.39, 0.29) is 31.3 Å². The highest BCUT2D eigenvalue weighted by molar-refractivity contribution is 8.08. The molecule has 0 saturated carbocycles. The summed E-state index contributed by atoms with van der Waals surface area (Å²) in [6, 6.07) is 11.6. The minimum atomic E-state index is -4.60. The summed E-state index contributed by atoms with van der Waals surface area (Å²) in [6.07, 6.45) is -4.60. The number of alkyl halides is 3. The van der Waals surface area contributed by atoms with Crippen LogP contribution in [0.3, 0.4) is 0 Å². The Balaban J connectivity index is 1.93. The Kier molecular flexibility index (Phi) is 7.68. The summed E-state index contributed by atoms with van der Waals surface area (Å²) in [5.41, 5.74) is -1.40. The van der Waals surface area contributed by atoms with Crippen molar-refractivity contribution in [3.05, 3.63) is 86.4 Å². The van der Waals surface area contributed by atoms with Crippen molar-refractivity contribution in [3.8, 4) is 11.5 Å². The second-order valence-corrected chi connectivity index (χ2v) is 10.7. The number of nitro groups is 1. The number of halogens is 5. The molecule has 0 aromatic heterocycles. The first kappa shape index (κ1) is 26.1. The standard InChI is InChI=1S/C20H13Cl2F3N2O5S2/c1-26(34(30,31)19-5-3-2-4-14(19)21)33-18-11-13(7-8-16(18)27(28)29)32-17-9-6-12(10-15(17)22)20(23,24)25/h2-11H,1H3. The fourth-order valence-electron chi connectivity index (χ4n) is 2.65. The van der Waals surface area contributed by atoms with Gasteiger partial charge in [0, 0.05) is 19.2 Å². The van der Waals surface area contributed by atoms with Crippen LogP contribution in [0.25, 0.3) is 0 Å². The molecule has 0 amide bonds. The van der Waals surface area contributed by atoms with E-state index in [0.29, 0.717) is 18.0 Å². The highest BCUT2D eigenvalue weighted by atomic mass is 35.5. The SMILES string of the molecule is CN(Sc1cc(Oc2ccc(C(F)(F)F)cc2Cl)ccc1[N+](=O)[O-])S(=O)(=O)c1ccccc1Cl. The van der Waals surface area contributed by atoms with Gasteiger partial charge in [-0.25, -0.2) is 8.42 Å². The van der Waals surface area contributed by atoms with E-state index in [0.717, 1.165) is 21.9 Å². The summed E-state index contributed by atoms with van der Waals surface area (Å²) >= 11 is 12.4. The van der Waals surface area contributed by atoms with Crippen LogP contribution in [0.2, 0.25) is 10.0 Å². The Morgan fingerprint density at radius 1 is 1.03 bits per heavy atom. The zero-order valence-electron chi connectivity index (χ0n) is 16.9. The molecule has 0 radical (unpaired) electrons. The van der Waals surface area contributed by atoms with Crippen LogP contribution in [0.15, 0.2) is 70.5 Å². The van der Waals surface area contributed by atoms with Gasteiger partial charge < -0.3 is 4.74 Å². The molecular weight excluding hydrogens is 540 g/mol. The highest BCUT2D eigenvalue weighted by Gasteiger charge is 2.31. The van der Waals surface area contributed by atoms with Gasteiger partial charge in [-0.05, 0) is 48.3 Å². The van der Waals surface area contributed by atoms with Crippen LogP contribution in [0, 0.1) is 10.1 Å². The summed E-state index contributed by atoms with van der Waals surface area (Å²) in [7, 11) is -2.95. The van der Waals surface area contributed by atoms with E-state index >= 15 is 0 Å². The van der Waals surface area contributed by atoms with Crippen molar-refractivity contribution in [1.29, 1.82) is 0 Å². The maximum Gasteiger partial charge on any atom is 0.416 e. The molecule has 0 aliphatic heterocycles. The lowest BCUT2D eigenvalue weighted by atomic mass is 10.2. The van der Waals surface area contributed by atoms with Crippen LogP contribution >= 0.6 is 35.1 Å². The van der Waals surface area contributed by atoms with Crippen molar-refractivity contribution in [3.63, 3.8) is 0 Å². The lowest BCUT2D eigenvalue weighted by molar-refractivity contribution is -0.387. The molecule has 0 heterocycles. The van der Waals surface area contributed by atoms with E-state index in [9.17, 15) is 31.7 Å². The third-order valence-corrected chi connectivity index (χ3v) is 8.21. The van der Waals surface area contributed by atoms with Gasteiger partial charge in [-0.15, -0.1) is 3.71 Å². The molecule has 34 heavy (non-hydrogen) atoms. The maximum absolute atomic E-state index is 12.9. The van der Waals surface area contributed by atoms with E-state index in [4.69, 9.17) is 27.9 Å². The Labute approximate surface area is 206 Å². The van der Waals surface area contributed by atoms with Crippen molar-refractivity contribution in [2.24, 2.45) is 0 Å². The van der Waals surface area contributed by atoms with Crippen LogP contribution < -0.4 is 4.74 Å². The molecule has 0 atom stereocenters. The quantitative estimate of drug-likeness (QED) is 0.177. The number of nitrogens with zero attached hydrogens (tertiary/aromatic N) is 2. The van der Waals surface area contributed by atoms with Crippen LogP contribution in [-0.4, -0.2) is 24.1 Å². The zero-order chi connectivity index (χ0) is 25.3. The van der Waals surface area contributed by atoms with Crippen LogP contribution in [0.1, 0.15) is 5.56 Å². The first-order valence-electron chi connectivity index (χ1n) is 9.05. The third kappa shape index (κ3) is 5.76. The first-order valence-corrected chi connectivity index (χ1v) is 12.0. The van der Waals surface area contributed by atoms with Crippen LogP contribution in [0.4, 0.5) is 18.9 Å². The average Bonchev–Trinajstić information content (AvgIpc) is 2.74. The summed E-state index contributed by atoms with van der Waals surface area (Å²) in [4.78, 5) is 10.4. The number of benzene rings is 3. The van der Waals surface area contributed by atoms with E-state index in [2.05, 4.69) is 0 Å². The molecule has 0 fully saturated rings. The fraction of sp³-hybridized carbons (Fsp3) is 0.100. The van der Waals surface area contributed by atoms with Crippen molar-refractivity contribution in [2.75, 3.05) is 7.05 Å². The van der Waals surface area contributed by atoms with Crippen molar-refractivity contribution < 1.29 is 31.2 Å². The molecule has 14 heteroatoms. The molecular formula is C20H13Cl2F3N2O5S2. The lowest BCUT2D eigenvalue weighted by Crippen LogP contribution is -2.20. The smallest absolute Gasteiger partial charge is 0.416 e. The average molecular weight is 553 g/mol. The summed E-state index contributed by atoms with van der Waals surface area (Å²) in [6.45, 7) is 0. The predicted molar refractivity (Wildman–Crippen MR) is 122 cm³/mol. The monoisotopic (exact) mass is 552 g/mol.